The molecule has 2 amide bonds. The van der Waals surface area contributed by atoms with Crippen LogP contribution in [-0.2, 0) is 9.59 Å². The first kappa shape index (κ1) is 21.5. The summed E-state index contributed by atoms with van der Waals surface area (Å²) >= 11 is 0. The summed E-state index contributed by atoms with van der Waals surface area (Å²) in [6.45, 7) is 0. The van der Waals surface area contributed by atoms with Crippen LogP contribution in [0, 0.1) is 5.92 Å². The topological polar surface area (TPSA) is 111 Å². The normalized spacial score (nSPS) is 18.3. The molecule has 1 saturated carbocycles. The highest BCUT2D eigenvalue weighted by atomic mass is 16.5. The highest BCUT2D eigenvalue weighted by molar-refractivity contribution is 6.17. The molecular weight excluding hydrogens is 470 g/mol. The molecule has 9 nitrogen and oxygen atoms in total. The van der Waals surface area contributed by atoms with E-state index in [0.29, 0.717) is 28.8 Å². The number of hydrogen-bond donors (Lipinski definition) is 1. The summed E-state index contributed by atoms with van der Waals surface area (Å²) in [6, 6.07) is 20.2. The molecule has 1 atom stereocenters. The minimum atomic E-state index is -0.614. The smallest absolute Gasteiger partial charge is 0.257 e. The van der Waals surface area contributed by atoms with Gasteiger partial charge in [0.1, 0.15) is 23.0 Å². The van der Waals surface area contributed by atoms with Crippen LogP contribution in [0.25, 0.3) is 11.5 Å². The number of rotatable bonds is 3. The Labute approximate surface area is 211 Å². The summed E-state index contributed by atoms with van der Waals surface area (Å²) in [7, 11) is 0. The average molecular weight is 492 g/mol. The van der Waals surface area contributed by atoms with E-state index in [1.54, 1.807) is 24.5 Å². The third kappa shape index (κ3) is 3.58. The number of anilines is 1. The number of carbonyl (C=O) groups is 2. The molecule has 1 fully saturated rings. The van der Waals surface area contributed by atoms with Gasteiger partial charge in [0.2, 0.25) is 5.91 Å². The van der Waals surface area contributed by atoms with Crippen LogP contribution in [-0.4, -0.2) is 33.3 Å². The number of aromatic nitrogens is 2. The first-order valence-corrected chi connectivity index (χ1v) is 12.2. The van der Waals surface area contributed by atoms with E-state index in [4.69, 9.17) is 9.15 Å². The first-order valence-electron chi connectivity index (χ1n) is 12.2. The molecule has 3 aliphatic rings. The molecule has 37 heavy (non-hydrogen) atoms. The zero-order chi connectivity index (χ0) is 24.9. The molecule has 9 heteroatoms. The average Bonchev–Trinajstić information content (AvgIpc) is 3.68. The van der Waals surface area contributed by atoms with Crippen molar-refractivity contribution < 1.29 is 18.7 Å². The zero-order valence-electron chi connectivity index (χ0n) is 19.6. The molecule has 4 heterocycles. The Kier molecular flexibility index (Phi) is 4.88. The Morgan fingerprint density at radius 1 is 0.973 bits per heavy atom. The minimum Gasteiger partial charge on any atom is -0.463 e. The van der Waals surface area contributed by atoms with Gasteiger partial charge in [-0.1, -0.05) is 36.4 Å². The number of para-hydroxylation sites is 2. The molecule has 1 aliphatic carbocycles. The van der Waals surface area contributed by atoms with Crippen LogP contribution in [0.5, 0.6) is 11.5 Å². The van der Waals surface area contributed by atoms with Crippen LogP contribution >= 0.6 is 0 Å². The van der Waals surface area contributed by atoms with Crippen LogP contribution in [0.15, 0.2) is 87.4 Å². The van der Waals surface area contributed by atoms with Gasteiger partial charge in [0.05, 0.1) is 18.1 Å². The van der Waals surface area contributed by atoms with Crippen molar-refractivity contribution in [3.63, 3.8) is 0 Å². The molecule has 0 spiro atoms. The third-order valence-electron chi connectivity index (χ3n) is 6.95. The van der Waals surface area contributed by atoms with Crippen LogP contribution in [0.3, 0.4) is 0 Å². The van der Waals surface area contributed by atoms with Crippen LogP contribution in [0.2, 0.25) is 0 Å². The third-order valence-corrected chi connectivity index (χ3v) is 6.95. The van der Waals surface area contributed by atoms with Crippen molar-refractivity contribution in [2.24, 2.45) is 15.9 Å². The van der Waals surface area contributed by atoms with Crippen molar-refractivity contribution in [1.82, 2.24) is 9.78 Å². The van der Waals surface area contributed by atoms with E-state index in [-0.39, 0.29) is 23.7 Å². The van der Waals surface area contributed by atoms with Crippen molar-refractivity contribution in [3.05, 3.63) is 84.1 Å². The van der Waals surface area contributed by atoms with Crippen molar-refractivity contribution in [1.29, 1.82) is 0 Å². The molecule has 2 aromatic heterocycles. The van der Waals surface area contributed by atoms with Crippen LogP contribution < -0.4 is 10.1 Å². The molecule has 7 rings (SSSR count). The lowest BCUT2D eigenvalue weighted by Gasteiger charge is -2.27. The van der Waals surface area contributed by atoms with Gasteiger partial charge in [-0.15, -0.1) is 0 Å². The van der Waals surface area contributed by atoms with E-state index < -0.39 is 5.92 Å². The standard InChI is InChI=1S/C28H21N5O4/c34-26-16-9-5-10-19(16)29-28(31-26)33-24(15-20(32-33)23-13-6-14-36-23)30-27(35)25-17-7-1-3-11-21(17)37-22-12-4-2-8-18(22)25/h1-4,6-8,11-16,25H,5,9-10H2,(H,30,35). The number of carbonyl (C=O) groups excluding carboxylic acids is 2. The Hall–Kier alpha value is -4.79. The fourth-order valence-corrected chi connectivity index (χ4v) is 5.21. The second-order valence-electron chi connectivity index (χ2n) is 9.20. The van der Waals surface area contributed by atoms with Gasteiger partial charge >= 0.3 is 0 Å². The van der Waals surface area contributed by atoms with Gasteiger partial charge in [-0.25, -0.2) is 4.99 Å². The van der Waals surface area contributed by atoms with Crippen molar-refractivity contribution >= 4 is 29.3 Å². The van der Waals surface area contributed by atoms with Crippen molar-refractivity contribution in [2.75, 3.05) is 5.32 Å². The Morgan fingerprint density at radius 2 is 1.73 bits per heavy atom. The summed E-state index contributed by atoms with van der Waals surface area (Å²) in [5, 5.41) is 7.62. The number of aliphatic imine (C=N–C) groups is 2. The zero-order valence-corrected chi connectivity index (χ0v) is 19.6. The maximum Gasteiger partial charge on any atom is 0.257 e. The summed E-state index contributed by atoms with van der Waals surface area (Å²) in [6.07, 6.45) is 3.96. The van der Waals surface area contributed by atoms with Gasteiger partial charge < -0.3 is 14.5 Å². The molecule has 182 valence electrons. The van der Waals surface area contributed by atoms with Gasteiger partial charge in [-0.2, -0.15) is 14.8 Å². The fourth-order valence-electron chi connectivity index (χ4n) is 5.21. The SMILES string of the molecule is O=C1N=C(n2nc(-c3ccco3)cc2NC(=O)C2c3ccccc3Oc3ccccc32)N=C2CCCC12. The lowest BCUT2D eigenvalue weighted by molar-refractivity contribution is -0.119. The van der Waals surface area contributed by atoms with Gasteiger partial charge in [-0.05, 0) is 43.5 Å². The predicted molar refractivity (Wildman–Crippen MR) is 136 cm³/mol. The lowest BCUT2D eigenvalue weighted by atomic mass is 9.87. The molecule has 0 radical (unpaired) electrons. The van der Waals surface area contributed by atoms with Crippen molar-refractivity contribution in [3.8, 4) is 23.0 Å². The van der Waals surface area contributed by atoms with Crippen LogP contribution in [0.4, 0.5) is 5.82 Å². The van der Waals surface area contributed by atoms with E-state index in [9.17, 15) is 9.59 Å². The number of fused-ring (bicyclic) bond motifs is 3. The van der Waals surface area contributed by atoms with E-state index in [1.807, 2.05) is 48.5 Å². The largest absolute Gasteiger partial charge is 0.463 e. The number of ether oxygens (including phenoxy) is 1. The summed E-state index contributed by atoms with van der Waals surface area (Å²) in [5.41, 5.74) is 2.82. The molecule has 0 bridgehead atoms. The van der Waals surface area contributed by atoms with E-state index in [1.165, 1.54) is 4.68 Å². The predicted octanol–water partition coefficient (Wildman–Crippen LogP) is 5.00. The van der Waals surface area contributed by atoms with E-state index in [2.05, 4.69) is 20.4 Å². The highest BCUT2D eigenvalue weighted by Crippen LogP contribution is 2.44. The number of amides is 2. The molecular formula is C28H21N5O4. The summed E-state index contributed by atoms with van der Waals surface area (Å²) in [4.78, 5) is 35.5. The molecule has 2 aliphatic heterocycles. The fraction of sp³-hybridized carbons (Fsp3) is 0.179. The van der Waals surface area contributed by atoms with E-state index >= 15 is 0 Å². The van der Waals surface area contributed by atoms with E-state index in [0.717, 1.165) is 36.1 Å². The molecule has 1 N–H and O–H groups in total. The summed E-state index contributed by atoms with van der Waals surface area (Å²) < 4.78 is 13.0. The van der Waals surface area contributed by atoms with Crippen LogP contribution in [0.1, 0.15) is 36.3 Å². The number of benzene rings is 2. The Balaban J connectivity index is 1.31. The molecule has 0 saturated heterocycles. The maximum atomic E-state index is 13.9. The molecule has 4 aromatic rings. The van der Waals surface area contributed by atoms with Gasteiger partial charge in [-0.3, -0.25) is 9.59 Å². The van der Waals surface area contributed by atoms with Gasteiger partial charge in [0.15, 0.2) is 5.76 Å². The highest BCUT2D eigenvalue weighted by Gasteiger charge is 2.36. The monoisotopic (exact) mass is 491 g/mol. The first-order chi connectivity index (χ1) is 18.2. The summed E-state index contributed by atoms with van der Waals surface area (Å²) in [5.74, 6) is 0.893. The Bertz CT molecular complexity index is 1570. The van der Waals surface area contributed by atoms with Gasteiger partial charge in [0.25, 0.3) is 11.9 Å². The second-order valence-corrected chi connectivity index (χ2v) is 9.20. The Morgan fingerprint density at radius 3 is 2.46 bits per heavy atom. The minimum absolute atomic E-state index is 0.138. The lowest BCUT2D eigenvalue weighted by Crippen LogP contribution is -2.30. The quantitative estimate of drug-likeness (QED) is 0.433. The number of hydrogen-bond acceptors (Lipinski definition) is 6. The number of furan rings is 1. The maximum absolute atomic E-state index is 13.9. The number of nitrogens with zero attached hydrogens (tertiary/aromatic N) is 4. The molecule has 1 unspecified atom stereocenters. The second kappa shape index (κ2) is 8.41. The number of nitrogens with one attached hydrogen (secondary N) is 1. The van der Waals surface area contributed by atoms with Crippen molar-refractivity contribution in [2.45, 2.75) is 25.2 Å². The molecule has 2 aromatic carbocycles. The van der Waals surface area contributed by atoms with Gasteiger partial charge in [0, 0.05) is 22.9 Å².